The van der Waals surface area contributed by atoms with Gasteiger partial charge in [0.25, 0.3) is 16.3 Å². The topological polar surface area (TPSA) is 134 Å². The number of amides is 2. The predicted octanol–water partition coefficient (Wildman–Crippen LogP) is 4.82. The van der Waals surface area contributed by atoms with E-state index in [0.29, 0.717) is 34.7 Å². The van der Waals surface area contributed by atoms with Crippen molar-refractivity contribution in [2.75, 3.05) is 6.79 Å². The van der Waals surface area contributed by atoms with Gasteiger partial charge in [-0.2, -0.15) is 5.48 Å². The van der Waals surface area contributed by atoms with Gasteiger partial charge in [-0.15, -0.1) is 0 Å². The monoisotopic (exact) mass is 591 g/mol. The molecule has 42 heavy (non-hydrogen) atoms. The molecule has 3 aromatic carbocycles. The number of ether oxygens (including phenoxy) is 3. The summed E-state index contributed by atoms with van der Waals surface area (Å²) < 4.78 is 47.2. The lowest BCUT2D eigenvalue weighted by Crippen LogP contribution is -2.35. The number of nitrogens with one attached hydrogen (secondary N) is 2. The van der Waals surface area contributed by atoms with Gasteiger partial charge in [0, 0.05) is 29.2 Å². The number of rotatable bonds is 8. The highest BCUT2D eigenvalue weighted by molar-refractivity contribution is 7.90. The number of benzene rings is 3. The maximum absolute atomic E-state index is 14.0. The Hall–Kier alpha value is -4.55. The SMILES string of the molecule is CCn1cc(C(C(=O)NS(=O)(=O)c2ccc(C(C)C)cc2)c2ccc3c(c2)OCO3)c2ccc(C3ONC(=O)O3)cc21. The van der Waals surface area contributed by atoms with Crippen molar-refractivity contribution in [1.29, 1.82) is 0 Å². The van der Waals surface area contributed by atoms with Crippen LogP contribution in [0.3, 0.4) is 0 Å². The Balaban J connectivity index is 1.42. The van der Waals surface area contributed by atoms with Crippen molar-refractivity contribution in [2.24, 2.45) is 0 Å². The number of hydrogen-bond acceptors (Lipinski definition) is 8. The van der Waals surface area contributed by atoms with Crippen molar-refractivity contribution in [3.63, 3.8) is 0 Å². The fourth-order valence-corrected chi connectivity index (χ4v) is 6.20. The smallest absolute Gasteiger partial charge is 0.434 e. The van der Waals surface area contributed by atoms with Gasteiger partial charge in [-0.05, 0) is 59.9 Å². The first-order valence-electron chi connectivity index (χ1n) is 13.5. The molecule has 1 aromatic heterocycles. The molecule has 2 amide bonds. The molecular weight excluding hydrogens is 562 g/mol. The molecule has 218 valence electrons. The molecule has 1 saturated heterocycles. The van der Waals surface area contributed by atoms with E-state index in [1.807, 2.05) is 37.6 Å². The van der Waals surface area contributed by atoms with E-state index >= 15 is 0 Å². The molecule has 2 unspecified atom stereocenters. The number of cyclic esters (lactones) is 1. The second-order valence-electron chi connectivity index (χ2n) is 10.3. The number of carbonyl (C=O) groups excluding carboxylic acids is 2. The van der Waals surface area contributed by atoms with Crippen molar-refractivity contribution in [3.8, 4) is 11.5 Å². The van der Waals surface area contributed by atoms with Crippen LogP contribution in [0.25, 0.3) is 10.9 Å². The summed E-state index contributed by atoms with van der Waals surface area (Å²) in [5.41, 5.74) is 5.61. The summed E-state index contributed by atoms with van der Waals surface area (Å²) in [5, 5.41) is 0.717. The molecule has 2 aliphatic heterocycles. The molecule has 3 heterocycles. The minimum Gasteiger partial charge on any atom is -0.454 e. The first kappa shape index (κ1) is 27.6. The van der Waals surface area contributed by atoms with Gasteiger partial charge < -0.3 is 18.8 Å². The lowest BCUT2D eigenvalue weighted by molar-refractivity contribution is -0.119. The van der Waals surface area contributed by atoms with Crippen molar-refractivity contribution in [3.05, 3.63) is 89.1 Å². The maximum atomic E-state index is 14.0. The molecule has 0 radical (unpaired) electrons. The Morgan fingerprint density at radius 2 is 1.76 bits per heavy atom. The number of sulfonamides is 1. The Labute approximate surface area is 242 Å². The largest absolute Gasteiger partial charge is 0.454 e. The predicted molar refractivity (Wildman–Crippen MR) is 151 cm³/mol. The van der Waals surface area contributed by atoms with E-state index in [2.05, 4.69) is 10.2 Å². The fraction of sp³-hybridized carbons (Fsp3) is 0.267. The van der Waals surface area contributed by atoms with E-state index in [1.54, 1.807) is 42.5 Å². The standard InChI is InChI=1S/C30H29N3O8S/c1-4-33-15-23(22-11-7-20(13-24(22)33)29-40-30(35)31-41-29)27(19-8-12-25-26(14-19)39-16-38-25)28(34)32-42(36,37)21-9-5-18(6-10-21)17(2)3/h5-15,17,27,29H,4,16H2,1-3H3,(H,31,35)(H,32,34). The fourth-order valence-electron chi connectivity index (χ4n) is 5.21. The molecule has 0 aliphatic carbocycles. The van der Waals surface area contributed by atoms with E-state index in [-0.39, 0.29) is 17.6 Å². The highest BCUT2D eigenvalue weighted by Gasteiger charge is 2.32. The quantitative estimate of drug-likeness (QED) is 0.298. The molecule has 2 aliphatic rings. The van der Waals surface area contributed by atoms with Gasteiger partial charge in [0.1, 0.15) is 0 Å². The molecule has 0 spiro atoms. The molecular formula is C30H29N3O8S. The van der Waals surface area contributed by atoms with Crippen LogP contribution in [0.4, 0.5) is 4.79 Å². The molecule has 0 bridgehead atoms. The van der Waals surface area contributed by atoms with E-state index in [1.165, 1.54) is 12.1 Å². The van der Waals surface area contributed by atoms with Crippen LogP contribution in [0.2, 0.25) is 0 Å². The molecule has 11 nitrogen and oxygen atoms in total. The molecule has 12 heteroatoms. The Morgan fingerprint density at radius 1 is 1.02 bits per heavy atom. The molecule has 1 fully saturated rings. The van der Waals surface area contributed by atoms with Crippen LogP contribution >= 0.6 is 0 Å². The zero-order chi connectivity index (χ0) is 29.6. The second-order valence-corrected chi connectivity index (χ2v) is 12.0. The normalized spacial score (nSPS) is 16.9. The van der Waals surface area contributed by atoms with Crippen LogP contribution in [-0.4, -0.2) is 31.8 Å². The number of fused-ring (bicyclic) bond motifs is 2. The lowest BCUT2D eigenvalue weighted by Gasteiger charge is -2.18. The summed E-state index contributed by atoms with van der Waals surface area (Å²) in [7, 11) is -4.18. The Kier molecular flexibility index (Phi) is 7.03. The number of hydroxylamine groups is 1. The van der Waals surface area contributed by atoms with Gasteiger partial charge in [-0.1, -0.05) is 44.2 Å². The first-order chi connectivity index (χ1) is 20.1. The van der Waals surface area contributed by atoms with Gasteiger partial charge in [-0.3, -0.25) is 4.79 Å². The zero-order valence-electron chi connectivity index (χ0n) is 23.1. The van der Waals surface area contributed by atoms with Crippen LogP contribution in [0.5, 0.6) is 11.5 Å². The van der Waals surface area contributed by atoms with Gasteiger partial charge >= 0.3 is 6.09 Å². The Morgan fingerprint density at radius 3 is 2.45 bits per heavy atom. The summed E-state index contributed by atoms with van der Waals surface area (Å²) in [6.07, 6.45) is 0.213. The second kappa shape index (κ2) is 10.7. The van der Waals surface area contributed by atoms with Crippen molar-refractivity contribution >= 4 is 32.9 Å². The third-order valence-electron chi connectivity index (χ3n) is 7.41. The van der Waals surface area contributed by atoms with E-state index in [9.17, 15) is 18.0 Å². The number of aryl methyl sites for hydroxylation is 1. The summed E-state index contributed by atoms with van der Waals surface area (Å²) >= 11 is 0. The highest BCUT2D eigenvalue weighted by Crippen LogP contribution is 2.40. The first-order valence-corrected chi connectivity index (χ1v) is 14.9. The number of hydrogen-bond donors (Lipinski definition) is 2. The molecule has 6 rings (SSSR count). The third kappa shape index (κ3) is 5.03. The summed E-state index contributed by atoms with van der Waals surface area (Å²) in [6.45, 7) is 6.59. The van der Waals surface area contributed by atoms with Crippen molar-refractivity contribution in [2.45, 2.75) is 50.3 Å². The van der Waals surface area contributed by atoms with Crippen molar-refractivity contribution < 1.29 is 37.1 Å². The summed E-state index contributed by atoms with van der Waals surface area (Å²) in [5.74, 6) is -0.514. The molecule has 0 saturated carbocycles. The number of nitrogens with zero attached hydrogens (tertiary/aromatic N) is 1. The molecule has 2 N–H and O–H groups in total. The average molecular weight is 592 g/mol. The minimum absolute atomic E-state index is 0.00923. The number of aromatic nitrogens is 1. The summed E-state index contributed by atoms with van der Waals surface area (Å²) in [6, 6.07) is 16.9. The number of carbonyl (C=O) groups is 2. The summed E-state index contributed by atoms with van der Waals surface area (Å²) in [4.78, 5) is 30.7. The van der Waals surface area contributed by atoms with E-state index < -0.39 is 34.2 Å². The van der Waals surface area contributed by atoms with Gasteiger partial charge in [0.2, 0.25) is 12.7 Å². The highest BCUT2D eigenvalue weighted by atomic mass is 32.2. The third-order valence-corrected chi connectivity index (χ3v) is 8.77. The van der Waals surface area contributed by atoms with Crippen LogP contribution < -0.4 is 19.7 Å². The van der Waals surface area contributed by atoms with Gasteiger partial charge in [0.15, 0.2) is 11.5 Å². The van der Waals surface area contributed by atoms with Crippen LogP contribution in [0.15, 0.2) is 71.8 Å². The van der Waals surface area contributed by atoms with E-state index in [0.717, 1.165) is 16.5 Å². The van der Waals surface area contributed by atoms with Crippen LogP contribution in [0.1, 0.15) is 61.2 Å². The van der Waals surface area contributed by atoms with E-state index in [4.69, 9.17) is 19.0 Å². The van der Waals surface area contributed by atoms with Crippen LogP contribution in [0, 0.1) is 0 Å². The minimum atomic E-state index is -4.18. The molecule has 2 atom stereocenters. The van der Waals surface area contributed by atoms with Crippen LogP contribution in [-0.2, 0) is 30.9 Å². The van der Waals surface area contributed by atoms with Gasteiger partial charge in [-0.25, -0.2) is 22.8 Å². The van der Waals surface area contributed by atoms with Crippen molar-refractivity contribution in [1.82, 2.24) is 14.8 Å². The zero-order valence-corrected chi connectivity index (χ0v) is 23.9. The Bertz CT molecular complexity index is 1800. The van der Waals surface area contributed by atoms with Gasteiger partial charge in [0.05, 0.1) is 10.8 Å². The lowest BCUT2D eigenvalue weighted by atomic mass is 9.90. The average Bonchev–Trinajstić information content (AvgIpc) is 3.71. The maximum Gasteiger partial charge on any atom is 0.434 e. The molecule has 4 aromatic rings.